The van der Waals surface area contributed by atoms with Gasteiger partial charge < -0.3 is 19.8 Å². The lowest BCUT2D eigenvalue weighted by atomic mass is 10.1. The Morgan fingerprint density at radius 1 is 0.493 bits per heavy atom. The van der Waals surface area contributed by atoms with Crippen LogP contribution in [-0.4, -0.2) is 73.4 Å². The summed E-state index contributed by atoms with van der Waals surface area (Å²) in [5.74, 6) is -0.201. The van der Waals surface area contributed by atoms with E-state index in [-0.39, 0.29) is 19.1 Å². The van der Waals surface area contributed by atoms with Gasteiger partial charge >= 0.3 is 7.82 Å². The maximum Gasteiger partial charge on any atom is 0.472 e. The topological polar surface area (TPSA) is 105 Å². The number of rotatable bonds is 49. The molecule has 71 heavy (non-hydrogen) atoms. The highest BCUT2D eigenvalue weighted by Crippen LogP contribution is 2.43. The summed E-state index contributed by atoms with van der Waals surface area (Å²) in [6.07, 6.45) is 78.4. The number of nitrogens with one attached hydrogen (secondary N) is 1. The lowest BCUT2D eigenvalue weighted by Gasteiger charge is -2.25. The molecule has 0 fully saturated rings. The van der Waals surface area contributed by atoms with Gasteiger partial charge in [0.1, 0.15) is 13.2 Å². The van der Waals surface area contributed by atoms with Crippen molar-refractivity contribution in [2.75, 3.05) is 40.9 Å². The van der Waals surface area contributed by atoms with Crippen molar-refractivity contribution >= 4 is 13.7 Å². The molecule has 0 aromatic heterocycles. The van der Waals surface area contributed by atoms with Crippen LogP contribution in [0.5, 0.6) is 0 Å². The Bertz CT molecular complexity index is 1610. The van der Waals surface area contributed by atoms with E-state index < -0.39 is 20.0 Å². The maximum absolute atomic E-state index is 12.9. The van der Waals surface area contributed by atoms with Gasteiger partial charge in [-0.1, -0.05) is 225 Å². The number of carbonyl (C=O) groups is 1. The molecule has 1 amide bonds. The van der Waals surface area contributed by atoms with Crippen molar-refractivity contribution in [2.24, 2.45) is 0 Å². The van der Waals surface area contributed by atoms with E-state index in [9.17, 15) is 19.4 Å². The summed E-state index contributed by atoms with van der Waals surface area (Å²) in [6, 6.07) is -0.875. The molecule has 3 atom stereocenters. The minimum Gasteiger partial charge on any atom is -0.387 e. The van der Waals surface area contributed by atoms with Gasteiger partial charge in [0.05, 0.1) is 39.9 Å². The average Bonchev–Trinajstić information content (AvgIpc) is 3.33. The standard InChI is InChI=1S/C62H105N2O6P/c1-6-8-10-12-14-16-18-20-21-22-23-24-25-26-27-28-29-30-31-32-33-34-35-36-37-38-39-40-41-42-43-44-46-48-50-52-54-56-62(66)63-60(59-70-71(67,68)69-58-57-64(3,4)5)61(65)55-53-51-49-47-45-19-17-15-13-11-9-7-2/h8,10,14,16,20-21,23-24,26-27,29-30,32-33,35-36,38-39,45,47,53,55,60-61,65H,6-7,9,11-13,15,17-19,22,25,28,31,34,37,40-44,46,48-52,54,56-59H2,1-5H3,(H-,63,66,67,68)/p+1/b10-8-,16-14-,21-20-,24-23-,27-26-,30-29-,33-32-,36-35-,39-38-,47-45+,55-53+. The highest BCUT2D eigenvalue weighted by molar-refractivity contribution is 7.47. The SMILES string of the molecule is CC/C=C\C/C=C\C/C=C\C/C=C\C/C=C\C/C=C\C/C=C\C/C=C\C/C=C\CCCCCCCCCCCC(=O)NC(COP(=O)(O)OCC[N+](C)(C)C)C(O)/C=C/CC/C=C/CCCCCCCC. The molecule has 0 heterocycles. The van der Waals surface area contributed by atoms with E-state index in [2.05, 4.69) is 141 Å². The molecule has 0 aromatic carbocycles. The van der Waals surface area contributed by atoms with Gasteiger partial charge in [0.25, 0.3) is 0 Å². The second-order valence-electron chi connectivity index (χ2n) is 19.6. The molecular weight excluding hydrogens is 900 g/mol. The van der Waals surface area contributed by atoms with E-state index in [4.69, 9.17) is 9.05 Å². The van der Waals surface area contributed by atoms with Crippen LogP contribution < -0.4 is 5.32 Å². The summed E-state index contributed by atoms with van der Waals surface area (Å²) in [5, 5.41) is 13.8. The molecular formula is C62H106N2O6P+. The number of nitrogens with zero attached hydrogens (tertiary/aromatic N) is 1. The number of phosphoric ester groups is 1. The van der Waals surface area contributed by atoms with Crippen LogP contribution in [0, 0.1) is 0 Å². The highest BCUT2D eigenvalue weighted by atomic mass is 31.2. The molecule has 0 aliphatic rings. The van der Waals surface area contributed by atoms with Crippen LogP contribution in [0.3, 0.4) is 0 Å². The number of likely N-dealkylation sites (N-methyl/N-ethyl adjacent to an activating group) is 1. The number of aliphatic hydroxyl groups is 1. The molecule has 9 heteroatoms. The number of allylic oxidation sites excluding steroid dienone is 21. The molecule has 0 radical (unpaired) electrons. The van der Waals surface area contributed by atoms with Gasteiger partial charge in [-0.2, -0.15) is 0 Å². The van der Waals surface area contributed by atoms with Crippen molar-refractivity contribution in [2.45, 2.75) is 212 Å². The molecule has 8 nitrogen and oxygen atoms in total. The van der Waals surface area contributed by atoms with Crippen LogP contribution in [0.1, 0.15) is 200 Å². The third-order valence-corrected chi connectivity index (χ3v) is 12.6. The molecule has 0 saturated heterocycles. The quantitative estimate of drug-likeness (QED) is 0.0243. The lowest BCUT2D eigenvalue weighted by Crippen LogP contribution is -2.45. The molecule has 404 valence electrons. The Hall–Kier alpha value is -3.36. The Morgan fingerprint density at radius 2 is 0.859 bits per heavy atom. The fraction of sp³-hybridized carbons (Fsp3) is 0.629. The van der Waals surface area contributed by atoms with Gasteiger partial charge in [-0.05, 0) is 103 Å². The maximum atomic E-state index is 12.9. The normalized spacial score (nSPS) is 15.0. The largest absolute Gasteiger partial charge is 0.472 e. The minimum atomic E-state index is -4.36. The van der Waals surface area contributed by atoms with Crippen LogP contribution in [0.15, 0.2) is 134 Å². The number of phosphoric acid groups is 1. The monoisotopic (exact) mass is 1010 g/mol. The minimum absolute atomic E-state index is 0.0482. The molecule has 0 bridgehead atoms. The number of hydrogen-bond acceptors (Lipinski definition) is 5. The van der Waals surface area contributed by atoms with Crippen molar-refractivity contribution in [1.29, 1.82) is 0 Å². The molecule has 0 aliphatic carbocycles. The van der Waals surface area contributed by atoms with Crippen LogP contribution in [0.4, 0.5) is 0 Å². The van der Waals surface area contributed by atoms with E-state index in [1.54, 1.807) is 6.08 Å². The predicted octanol–water partition coefficient (Wildman–Crippen LogP) is 17.1. The highest BCUT2D eigenvalue weighted by Gasteiger charge is 2.27. The zero-order valence-electron chi connectivity index (χ0n) is 45.9. The number of aliphatic hydroxyl groups excluding tert-OH is 1. The number of unbranched alkanes of at least 4 members (excludes halogenated alkanes) is 16. The van der Waals surface area contributed by atoms with Gasteiger partial charge in [-0.3, -0.25) is 13.8 Å². The number of amides is 1. The third-order valence-electron chi connectivity index (χ3n) is 11.6. The molecule has 0 saturated carbocycles. The van der Waals surface area contributed by atoms with Gasteiger partial charge in [0.15, 0.2) is 0 Å². The molecule has 3 N–H and O–H groups in total. The van der Waals surface area contributed by atoms with E-state index in [0.29, 0.717) is 17.4 Å². The summed E-state index contributed by atoms with van der Waals surface area (Å²) < 4.78 is 23.6. The smallest absolute Gasteiger partial charge is 0.387 e. The zero-order chi connectivity index (χ0) is 52.0. The Kier molecular flexibility index (Phi) is 49.1. The Labute approximate surface area is 436 Å². The number of carbonyl (C=O) groups excluding carboxylic acids is 1. The van der Waals surface area contributed by atoms with Crippen LogP contribution in [0.25, 0.3) is 0 Å². The van der Waals surface area contributed by atoms with Crippen LogP contribution in [0.2, 0.25) is 0 Å². The first kappa shape index (κ1) is 67.6. The Morgan fingerprint density at radius 3 is 1.30 bits per heavy atom. The summed E-state index contributed by atoms with van der Waals surface area (Å²) in [6.45, 7) is 4.63. The first-order valence-corrected chi connectivity index (χ1v) is 29.6. The molecule has 3 unspecified atom stereocenters. The van der Waals surface area contributed by atoms with Crippen molar-refractivity contribution in [3.05, 3.63) is 134 Å². The van der Waals surface area contributed by atoms with Crippen molar-refractivity contribution in [3.8, 4) is 0 Å². The summed E-state index contributed by atoms with van der Waals surface area (Å²) in [4.78, 5) is 23.2. The van der Waals surface area contributed by atoms with Crippen molar-refractivity contribution < 1.29 is 32.9 Å². The van der Waals surface area contributed by atoms with E-state index in [0.717, 1.165) is 103 Å². The number of quaternary nitrogens is 1. The first-order chi connectivity index (χ1) is 34.5. The van der Waals surface area contributed by atoms with Crippen molar-refractivity contribution in [3.63, 3.8) is 0 Å². The van der Waals surface area contributed by atoms with Crippen molar-refractivity contribution in [1.82, 2.24) is 5.32 Å². The third kappa shape index (κ3) is 54.3. The molecule has 0 aromatic rings. The second kappa shape index (κ2) is 51.5. The second-order valence-corrected chi connectivity index (χ2v) is 21.0. The Balaban J connectivity index is 4.15. The van der Waals surface area contributed by atoms with E-state index in [1.807, 2.05) is 27.2 Å². The fourth-order valence-electron chi connectivity index (χ4n) is 7.22. The average molecular weight is 1010 g/mol. The molecule has 0 spiro atoms. The zero-order valence-corrected chi connectivity index (χ0v) is 46.8. The lowest BCUT2D eigenvalue weighted by molar-refractivity contribution is -0.870. The van der Waals surface area contributed by atoms with Gasteiger partial charge in [-0.25, -0.2) is 4.57 Å². The van der Waals surface area contributed by atoms with E-state index >= 15 is 0 Å². The summed E-state index contributed by atoms with van der Waals surface area (Å²) >= 11 is 0. The van der Waals surface area contributed by atoms with E-state index in [1.165, 1.54) is 77.0 Å². The summed E-state index contributed by atoms with van der Waals surface area (Å²) in [7, 11) is 1.53. The van der Waals surface area contributed by atoms with Gasteiger partial charge in [-0.15, -0.1) is 0 Å². The summed E-state index contributed by atoms with van der Waals surface area (Å²) in [5.41, 5.74) is 0. The first-order valence-electron chi connectivity index (χ1n) is 28.1. The van der Waals surface area contributed by atoms with Gasteiger partial charge in [0, 0.05) is 6.42 Å². The predicted molar refractivity (Wildman–Crippen MR) is 308 cm³/mol. The molecule has 0 rings (SSSR count). The molecule has 0 aliphatic heterocycles. The number of hydrogen-bond donors (Lipinski definition) is 3. The fourth-order valence-corrected chi connectivity index (χ4v) is 7.96. The van der Waals surface area contributed by atoms with Crippen LogP contribution >= 0.6 is 7.82 Å². The van der Waals surface area contributed by atoms with Crippen LogP contribution in [-0.2, 0) is 18.4 Å². The van der Waals surface area contributed by atoms with Gasteiger partial charge in [0.2, 0.25) is 5.91 Å².